The predicted molar refractivity (Wildman–Crippen MR) is 100 cm³/mol. The highest BCUT2D eigenvalue weighted by Gasteiger charge is 2.15. The Hall–Kier alpha value is -2.49. The van der Waals surface area contributed by atoms with Crippen LogP contribution >= 0.6 is 0 Å². The third-order valence-corrected chi connectivity index (χ3v) is 4.35. The minimum Gasteiger partial charge on any atom is -0.497 e. The van der Waals surface area contributed by atoms with Gasteiger partial charge in [0.15, 0.2) is 0 Å². The van der Waals surface area contributed by atoms with E-state index in [-0.39, 0.29) is 11.9 Å². The molecule has 2 aromatic rings. The minimum absolute atomic E-state index is 0.0249. The second-order valence-corrected chi connectivity index (χ2v) is 6.07. The molecule has 4 nitrogen and oxygen atoms in total. The topological polar surface area (TPSA) is 47.6 Å². The van der Waals surface area contributed by atoms with Crippen molar-refractivity contribution in [2.45, 2.75) is 39.2 Å². The van der Waals surface area contributed by atoms with E-state index in [1.807, 2.05) is 25.1 Å². The molecule has 1 amide bonds. The first-order valence-corrected chi connectivity index (χ1v) is 8.66. The van der Waals surface area contributed by atoms with Gasteiger partial charge in [-0.3, -0.25) is 4.79 Å². The smallest absolute Gasteiger partial charge is 0.220 e. The van der Waals surface area contributed by atoms with Crippen LogP contribution in [-0.4, -0.2) is 20.1 Å². The van der Waals surface area contributed by atoms with Gasteiger partial charge in [0, 0.05) is 12.0 Å². The molecular weight excluding hydrogens is 314 g/mol. The second-order valence-electron chi connectivity index (χ2n) is 6.07. The first-order valence-electron chi connectivity index (χ1n) is 8.66. The number of hydrogen-bond donors (Lipinski definition) is 1. The Balaban J connectivity index is 1.95. The van der Waals surface area contributed by atoms with Gasteiger partial charge < -0.3 is 14.8 Å². The molecule has 0 spiro atoms. The van der Waals surface area contributed by atoms with Crippen LogP contribution in [0.4, 0.5) is 0 Å². The summed E-state index contributed by atoms with van der Waals surface area (Å²) in [5, 5.41) is 3.04. The monoisotopic (exact) mass is 341 g/mol. The van der Waals surface area contributed by atoms with Gasteiger partial charge in [-0.15, -0.1) is 0 Å². The van der Waals surface area contributed by atoms with Crippen LogP contribution in [0.1, 0.15) is 43.0 Å². The third kappa shape index (κ3) is 5.24. The Bertz CT molecular complexity index is 695. The summed E-state index contributed by atoms with van der Waals surface area (Å²) in [6, 6.07) is 13.9. The van der Waals surface area contributed by atoms with Gasteiger partial charge in [0.2, 0.25) is 5.91 Å². The first-order chi connectivity index (χ1) is 12.1. The molecule has 0 saturated carbocycles. The van der Waals surface area contributed by atoms with E-state index in [1.54, 1.807) is 14.2 Å². The number of ether oxygens (including phenoxy) is 2. The highest BCUT2D eigenvalue weighted by Crippen LogP contribution is 2.29. The molecule has 0 saturated heterocycles. The lowest BCUT2D eigenvalue weighted by Gasteiger charge is -2.18. The SMILES string of the molecule is CCc1ccc(CCC(=O)NC(C)c2cc(OC)ccc2OC)cc1. The average molecular weight is 341 g/mol. The van der Waals surface area contributed by atoms with E-state index >= 15 is 0 Å². The number of amides is 1. The molecule has 0 aliphatic rings. The van der Waals surface area contributed by atoms with Gasteiger partial charge in [0.1, 0.15) is 11.5 Å². The Morgan fingerprint density at radius 3 is 2.32 bits per heavy atom. The van der Waals surface area contributed by atoms with Crippen LogP contribution in [0.2, 0.25) is 0 Å². The molecule has 2 rings (SSSR count). The molecule has 0 bridgehead atoms. The summed E-state index contributed by atoms with van der Waals surface area (Å²) in [6.07, 6.45) is 2.22. The maximum Gasteiger partial charge on any atom is 0.220 e. The Morgan fingerprint density at radius 2 is 1.72 bits per heavy atom. The van der Waals surface area contributed by atoms with Crippen molar-refractivity contribution < 1.29 is 14.3 Å². The molecule has 2 aromatic carbocycles. The van der Waals surface area contributed by atoms with Gasteiger partial charge in [0.25, 0.3) is 0 Å². The molecule has 1 atom stereocenters. The van der Waals surface area contributed by atoms with E-state index < -0.39 is 0 Å². The predicted octanol–water partition coefficient (Wildman–Crippen LogP) is 4.08. The molecule has 0 aliphatic heterocycles. The maximum absolute atomic E-state index is 12.3. The Morgan fingerprint density at radius 1 is 1.04 bits per heavy atom. The lowest BCUT2D eigenvalue weighted by atomic mass is 10.0. The number of carbonyl (C=O) groups is 1. The number of aryl methyl sites for hydroxylation is 2. The zero-order chi connectivity index (χ0) is 18.2. The van der Waals surface area contributed by atoms with Crippen molar-refractivity contribution in [2.75, 3.05) is 14.2 Å². The van der Waals surface area contributed by atoms with E-state index in [1.165, 1.54) is 11.1 Å². The fraction of sp³-hybridized carbons (Fsp3) is 0.381. The van der Waals surface area contributed by atoms with Gasteiger partial charge in [-0.2, -0.15) is 0 Å². The zero-order valence-electron chi connectivity index (χ0n) is 15.5. The summed E-state index contributed by atoms with van der Waals surface area (Å²) in [6.45, 7) is 4.09. The van der Waals surface area contributed by atoms with Crippen molar-refractivity contribution in [3.63, 3.8) is 0 Å². The summed E-state index contributed by atoms with van der Waals surface area (Å²) < 4.78 is 10.7. The highest BCUT2D eigenvalue weighted by molar-refractivity contribution is 5.76. The summed E-state index contributed by atoms with van der Waals surface area (Å²) in [5.74, 6) is 1.51. The zero-order valence-corrected chi connectivity index (χ0v) is 15.5. The van der Waals surface area contributed by atoms with Crippen LogP contribution in [0.5, 0.6) is 11.5 Å². The van der Waals surface area contributed by atoms with Crippen molar-refractivity contribution >= 4 is 5.91 Å². The molecule has 4 heteroatoms. The van der Waals surface area contributed by atoms with Crippen LogP contribution < -0.4 is 14.8 Å². The van der Waals surface area contributed by atoms with Crippen molar-refractivity contribution in [2.24, 2.45) is 0 Å². The summed E-state index contributed by atoms with van der Waals surface area (Å²) in [7, 11) is 3.25. The van der Waals surface area contributed by atoms with E-state index in [2.05, 4.69) is 36.5 Å². The first kappa shape index (κ1) is 18.8. The summed E-state index contributed by atoms with van der Waals surface area (Å²) in [4.78, 5) is 12.3. The number of nitrogens with one attached hydrogen (secondary N) is 1. The van der Waals surface area contributed by atoms with E-state index in [9.17, 15) is 4.79 Å². The van der Waals surface area contributed by atoms with Crippen LogP contribution in [0.25, 0.3) is 0 Å². The molecule has 0 fully saturated rings. The van der Waals surface area contributed by atoms with Gasteiger partial charge in [0.05, 0.1) is 20.3 Å². The van der Waals surface area contributed by atoms with E-state index in [0.29, 0.717) is 6.42 Å². The van der Waals surface area contributed by atoms with Gasteiger partial charge >= 0.3 is 0 Å². The molecule has 1 unspecified atom stereocenters. The van der Waals surface area contributed by atoms with Crippen molar-refractivity contribution in [1.82, 2.24) is 5.32 Å². The number of carbonyl (C=O) groups excluding carboxylic acids is 1. The Kier molecular flexibility index (Phi) is 6.87. The van der Waals surface area contributed by atoms with E-state index in [4.69, 9.17) is 9.47 Å². The minimum atomic E-state index is -0.153. The van der Waals surface area contributed by atoms with Crippen LogP contribution in [-0.2, 0) is 17.6 Å². The lowest BCUT2D eigenvalue weighted by Crippen LogP contribution is -2.27. The molecule has 0 aromatic heterocycles. The molecular formula is C21H27NO3. The van der Waals surface area contributed by atoms with Crippen LogP contribution in [0, 0.1) is 0 Å². The Labute approximate surface area is 150 Å². The van der Waals surface area contributed by atoms with Crippen LogP contribution in [0.3, 0.4) is 0 Å². The summed E-state index contributed by atoms with van der Waals surface area (Å²) >= 11 is 0. The highest BCUT2D eigenvalue weighted by atomic mass is 16.5. The second kappa shape index (κ2) is 9.11. The largest absolute Gasteiger partial charge is 0.497 e. The maximum atomic E-state index is 12.3. The van der Waals surface area contributed by atoms with Gasteiger partial charge in [-0.05, 0) is 49.1 Å². The number of hydrogen-bond acceptors (Lipinski definition) is 3. The van der Waals surface area contributed by atoms with Crippen molar-refractivity contribution in [1.29, 1.82) is 0 Å². The van der Waals surface area contributed by atoms with Gasteiger partial charge in [-0.25, -0.2) is 0 Å². The number of rotatable bonds is 8. The van der Waals surface area contributed by atoms with Crippen molar-refractivity contribution in [3.05, 3.63) is 59.2 Å². The van der Waals surface area contributed by atoms with E-state index in [0.717, 1.165) is 29.9 Å². The van der Waals surface area contributed by atoms with Crippen LogP contribution in [0.15, 0.2) is 42.5 Å². The average Bonchev–Trinajstić information content (AvgIpc) is 2.66. The fourth-order valence-corrected chi connectivity index (χ4v) is 2.77. The fourth-order valence-electron chi connectivity index (χ4n) is 2.77. The lowest BCUT2D eigenvalue weighted by molar-refractivity contribution is -0.121. The molecule has 1 N–H and O–H groups in total. The molecule has 0 aliphatic carbocycles. The standard InChI is InChI=1S/C21H27NO3/c1-5-16-6-8-17(9-7-16)10-13-21(23)22-15(2)19-14-18(24-3)11-12-20(19)25-4/h6-9,11-12,14-15H,5,10,13H2,1-4H3,(H,22,23). The number of methoxy groups -OCH3 is 2. The molecule has 0 radical (unpaired) electrons. The normalized spacial score (nSPS) is 11.7. The van der Waals surface area contributed by atoms with Gasteiger partial charge in [-0.1, -0.05) is 31.2 Å². The van der Waals surface area contributed by atoms with Crippen molar-refractivity contribution in [3.8, 4) is 11.5 Å². The third-order valence-electron chi connectivity index (χ3n) is 4.35. The molecule has 134 valence electrons. The quantitative estimate of drug-likeness (QED) is 0.787. The number of benzene rings is 2. The molecule has 25 heavy (non-hydrogen) atoms. The molecule has 0 heterocycles. The summed E-state index contributed by atoms with van der Waals surface area (Å²) in [5.41, 5.74) is 3.40.